The predicted octanol–water partition coefficient (Wildman–Crippen LogP) is 5.69. The maximum atomic E-state index is 13.0. The summed E-state index contributed by atoms with van der Waals surface area (Å²) in [5.74, 6) is -1.58. The Hall–Kier alpha value is -2.73. The molecule has 0 aliphatic heterocycles. The highest BCUT2D eigenvalue weighted by molar-refractivity contribution is 9.09. The van der Waals surface area contributed by atoms with Gasteiger partial charge in [0.25, 0.3) is 0 Å². The molecule has 0 fully saturated rings. The number of ketones is 1. The fourth-order valence-electron chi connectivity index (χ4n) is 3.10. The Morgan fingerprint density at radius 2 is 1.77 bits per heavy atom. The molecule has 2 aromatic rings. The van der Waals surface area contributed by atoms with Gasteiger partial charge in [-0.25, -0.2) is 4.79 Å². The Morgan fingerprint density at radius 3 is 2.48 bits per heavy atom. The first-order chi connectivity index (χ1) is 15.0. The van der Waals surface area contributed by atoms with Crippen LogP contribution in [0.4, 0.5) is 0 Å². The SMILES string of the molecule is CCOC(=O)c1cccc(C(=O)c2ccc(/C=C/CCCCBr)c(CCC(=O)O)c2)c1. The molecule has 31 heavy (non-hydrogen) atoms. The minimum absolute atomic E-state index is 0.0135. The lowest BCUT2D eigenvalue weighted by atomic mass is 9.95. The lowest BCUT2D eigenvalue weighted by Gasteiger charge is -2.09. The number of hydrogen-bond donors (Lipinski definition) is 1. The molecule has 6 heteroatoms. The Labute approximate surface area is 191 Å². The van der Waals surface area contributed by atoms with Gasteiger partial charge in [-0.3, -0.25) is 9.59 Å². The van der Waals surface area contributed by atoms with Crippen molar-refractivity contribution in [2.24, 2.45) is 0 Å². The molecule has 0 bridgehead atoms. The minimum atomic E-state index is -0.883. The number of carboxylic acids is 1. The summed E-state index contributed by atoms with van der Waals surface area (Å²) in [6.07, 6.45) is 7.48. The van der Waals surface area contributed by atoms with E-state index in [1.165, 1.54) is 6.07 Å². The van der Waals surface area contributed by atoms with Crippen molar-refractivity contribution in [3.05, 3.63) is 76.4 Å². The van der Waals surface area contributed by atoms with Crippen LogP contribution < -0.4 is 0 Å². The van der Waals surface area contributed by atoms with Gasteiger partial charge in [0.1, 0.15) is 0 Å². The first-order valence-corrected chi connectivity index (χ1v) is 11.5. The van der Waals surface area contributed by atoms with Crippen LogP contribution in [-0.2, 0) is 16.0 Å². The zero-order valence-corrected chi connectivity index (χ0v) is 19.2. The van der Waals surface area contributed by atoms with E-state index in [9.17, 15) is 14.4 Å². The van der Waals surface area contributed by atoms with Crippen LogP contribution >= 0.6 is 15.9 Å². The fourth-order valence-corrected chi connectivity index (χ4v) is 3.50. The molecule has 0 amide bonds. The molecule has 0 saturated heterocycles. The molecule has 5 nitrogen and oxygen atoms in total. The maximum Gasteiger partial charge on any atom is 0.338 e. The van der Waals surface area contributed by atoms with Crippen molar-refractivity contribution in [1.29, 1.82) is 0 Å². The van der Waals surface area contributed by atoms with Gasteiger partial charge in [-0.15, -0.1) is 0 Å². The Bertz CT molecular complexity index is 949. The van der Waals surface area contributed by atoms with Crippen LogP contribution in [0, 0.1) is 0 Å². The number of aliphatic carboxylic acids is 1. The zero-order valence-electron chi connectivity index (χ0n) is 17.6. The third-order valence-electron chi connectivity index (χ3n) is 4.70. The number of carbonyl (C=O) groups is 3. The number of ether oxygens (including phenoxy) is 1. The number of benzene rings is 2. The summed E-state index contributed by atoms with van der Waals surface area (Å²) in [6, 6.07) is 11.8. The lowest BCUT2D eigenvalue weighted by Crippen LogP contribution is -2.08. The quantitative estimate of drug-likeness (QED) is 0.180. The summed E-state index contributed by atoms with van der Waals surface area (Å²) >= 11 is 3.42. The van der Waals surface area contributed by atoms with Gasteiger partial charge < -0.3 is 9.84 Å². The average Bonchev–Trinajstić information content (AvgIpc) is 2.77. The molecular formula is C25H27BrO5. The molecular weight excluding hydrogens is 460 g/mol. The summed E-state index contributed by atoms with van der Waals surface area (Å²) in [5.41, 5.74) is 2.89. The zero-order chi connectivity index (χ0) is 22.6. The number of unbranched alkanes of at least 4 members (excludes halogenated alkanes) is 2. The number of allylic oxidation sites excluding steroid dienone is 1. The van der Waals surface area contributed by atoms with E-state index < -0.39 is 11.9 Å². The molecule has 1 N–H and O–H groups in total. The second-order valence-electron chi connectivity index (χ2n) is 7.02. The van der Waals surface area contributed by atoms with Crippen molar-refractivity contribution in [3.8, 4) is 0 Å². The van der Waals surface area contributed by atoms with E-state index in [4.69, 9.17) is 9.84 Å². The second-order valence-corrected chi connectivity index (χ2v) is 7.82. The molecule has 2 rings (SSSR count). The average molecular weight is 487 g/mol. The molecule has 0 heterocycles. The standard InChI is InChI=1S/C25H27BrO5/c1-2-31-25(30)22-10-7-9-20(17-22)24(29)21-12-11-18(8-5-3-4-6-15-26)19(16-21)13-14-23(27)28/h5,7-12,16-17H,2-4,6,13-15H2,1H3,(H,27,28)/b8-5+. The minimum Gasteiger partial charge on any atom is -0.481 e. The highest BCUT2D eigenvalue weighted by Crippen LogP contribution is 2.20. The van der Waals surface area contributed by atoms with Gasteiger partial charge in [0.05, 0.1) is 12.2 Å². The highest BCUT2D eigenvalue weighted by atomic mass is 79.9. The van der Waals surface area contributed by atoms with Crippen LogP contribution in [0.1, 0.15) is 70.0 Å². The van der Waals surface area contributed by atoms with Gasteiger partial charge in [-0.2, -0.15) is 0 Å². The largest absolute Gasteiger partial charge is 0.481 e. The number of aryl methyl sites for hydroxylation is 1. The van der Waals surface area contributed by atoms with E-state index in [1.54, 1.807) is 37.3 Å². The van der Waals surface area contributed by atoms with E-state index in [-0.39, 0.29) is 18.8 Å². The van der Waals surface area contributed by atoms with Crippen LogP contribution in [-0.4, -0.2) is 34.8 Å². The molecule has 0 saturated carbocycles. The van der Waals surface area contributed by atoms with Crippen LogP contribution in [0.15, 0.2) is 48.5 Å². The van der Waals surface area contributed by atoms with Crippen LogP contribution in [0.3, 0.4) is 0 Å². The second kappa shape index (κ2) is 12.8. The van der Waals surface area contributed by atoms with Crippen LogP contribution in [0.25, 0.3) is 6.08 Å². The predicted molar refractivity (Wildman–Crippen MR) is 125 cm³/mol. The van der Waals surface area contributed by atoms with E-state index in [2.05, 4.69) is 22.0 Å². The number of hydrogen-bond acceptors (Lipinski definition) is 4. The number of carboxylic acid groups (broad SMARTS) is 1. The van der Waals surface area contributed by atoms with Crippen molar-refractivity contribution in [3.63, 3.8) is 0 Å². The summed E-state index contributed by atoms with van der Waals surface area (Å²) in [7, 11) is 0. The number of esters is 1. The molecule has 0 aromatic heterocycles. The highest BCUT2D eigenvalue weighted by Gasteiger charge is 2.15. The number of carbonyl (C=O) groups excluding carboxylic acids is 2. The summed E-state index contributed by atoms with van der Waals surface area (Å²) < 4.78 is 5.00. The van der Waals surface area contributed by atoms with Crippen molar-refractivity contribution < 1.29 is 24.2 Å². The van der Waals surface area contributed by atoms with Gasteiger partial charge >= 0.3 is 11.9 Å². The topological polar surface area (TPSA) is 80.7 Å². The summed E-state index contributed by atoms with van der Waals surface area (Å²) in [4.78, 5) is 36.1. The van der Waals surface area contributed by atoms with E-state index in [0.29, 0.717) is 23.1 Å². The van der Waals surface area contributed by atoms with E-state index >= 15 is 0 Å². The molecule has 2 aromatic carbocycles. The summed E-state index contributed by atoms with van der Waals surface area (Å²) in [5, 5.41) is 10.1. The lowest BCUT2D eigenvalue weighted by molar-refractivity contribution is -0.136. The molecule has 0 unspecified atom stereocenters. The summed E-state index contributed by atoms with van der Waals surface area (Å²) in [6.45, 7) is 1.98. The molecule has 0 radical (unpaired) electrons. The van der Waals surface area contributed by atoms with Crippen LogP contribution in [0.2, 0.25) is 0 Å². The van der Waals surface area contributed by atoms with Crippen molar-refractivity contribution in [2.75, 3.05) is 11.9 Å². The van der Waals surface area contributed by atoms with Gasteiger partial charge in [0.15, 0.2) is 5.78 Å². The first kappa shape index (κ1) is 24.5. The van der Waals surface area contributed by atoms with Gasteiger partial charge in [0, 0.05) is 22.9 Å². The van der Waals surface area contributed by atoms with Crippen molar-refractivity contribution in [2.45, 2.75) is 39.0 Å². The maximum absolute atomic E-state index is 13.0. The number of rotatable bonds is 12. The van der Waals surface area contributed by atoms with Gasteiger partial charge in [0.2, 0.25) is 0 Å². The Kier molecular flexibility index (Phi) is 10.2. The first-order valence-electron chi connectivity index (χ1n) is 10.3. The monoisotopic (exact) mass is 486 g/mol. The smallest absolute Gasteiger partial charge is 0.338 e. The third-order valence-corrected chi connectivity index (χ3v) is 5.26. The van der Waals surface area contributed by atoms with Gasteiger partial charge in [-0.05, 0) is 61.9 Å². The third kappa shape index (κ3) is 7.79. The Morgan fingerprint density at radius 1 is 1.03 bits per heavy atom. The number of halogens is 1. The van der Waals surface area contributed by atoms with Crippen LogP contribution in [0.5, 0.6) is 0 Å². The molecule has 0 atom stereocenters. The molecule has 164 valence electrons. The molecule has 0 aliphatic rings. The Balaban J connectivity index is 2.28. The van der Waals surface area contributed by atoms with Gasteiger partial charge in [-0.1, -0.05) is 52.3 Å². The van der Waals surface area contributed by atoms with Crippen molar-refractivity contribution in [1.82, 2.24) is 0 Å². The van der Waals surface area contributed by atoms with Crippen molar-refractivity contribution >= 4 is 39.7 Å². The molecule has 0 spiro atoms. The van der Waals surface area contributed by atoms with E-state index in [0.717, 1.165) is 35.7 Å². The van der Waals surface area contributed by atoms with E-state index in [1.807, 2.05) is 12.1 Å². The normalized spacial score (nSPS) is 10.9. The fraction of sp³-hybridized carbons (Fsp3) is 0.320. The molecule has 0 aliphatic carbocycles. The number of alkyl halides is 1.